The molecule has 0 aromatic heterocycles. The topological polar surface area (TPSA) is 9.72 Å². The van der Waals surface area contributed by atoms with Gasteiger partial charge in [0.25, 0.3) is 0 Å². The Hall–Kier alpha value is -0.164. The molecule has 0 amide bonds. The molecule has 0 bridgehead atoms. The fraction of sp³-hybridized carbons (Fsp3) is 0.158. The van der Waals surface area contributed by atoms with E-state index in [1.807, 2.05) is 184 Å². The zero-order valence-electron chi connectivity index (χ0n) is 40.0. The van der Waals surface area contributed by atoms with Gasteiger partial charge in [0, 0.05) is 128 Å². The Morgan fingerprint density at radius 3 is 0.522 bits per heavy atom. The normalized spacial score (nSPS) is 13.1. The Morgan fingerprint density at radius 1 is 0.269 bits per heavy atom. The van der Waals surface area contributed by atoms with Crippen molar-refractivity contribution in [3.8, 4) is 0 Å². The Morgan fingerprint density at radius 2 is 0.418 bits per heavy atom. The summed E-state index contributed by atoms with van der Waals surface area (Å²) in [5, 5.41) is 0. The van der Waals surface area contributed by atoms with Gasteiger partial charge in [-0.3, -0.25) is 0 Å². The second kappa shape index (κ2) is 53.6. The van der Waals surface area contributed by atoms with Gasteiger partial charge in [0.15, 0.2) is 0 Å². The second-order valence-electron chi connectivity index (χ2n) is 14.4. The van der Waals surface area contributed by atoms with E-state index >= 15 is 0 Å². The van der Waals surface area contributed by atoms with Gasteiger partial charge in [-0.1, -0.05) is 146 Å². The van der Waals surface area contributed by atoms with E-state index in [1.165, 1.54) is 27.2 Å². The number of benzene rings is 3. The first-order chi connectivity index (χ1) is 30.6. The van der Waals surface area contributed by atoms with Crippen LogP contribution in [0, 0.1) is 38.5 Å². The van der Waals surface area contributed by atoms with E-state index in [4.69, 9.17) is 0 Å². The summed E-state index contributed by atoms with van der Waals surface area (Å²) >= 11 is 5.38. The minimum atomic E-state index is 0. The van der Waals surface area contributed by atoms with Crippen molar-refractivity contribution < 1.29 is 65.2 Å². The number of allylic oxidation sites excluding steroid dienone is 24. The van der Waals surface area contributed by atoms with E-state index in [1.54, 1.807) is 69.1 Å². The third-order valence-corrected chi connectivity index (χ3v) is 11.5. The number of nitrogens with zero attached hydrogens (tertiary/aromatic N) is 3. The van der Waals surface area contributed by atoms with Gasteiger partial charge < -0.3 is 0 Å². The molecule has 9 rings (SSSR count). The van der Waals surface area contributed by atoms with Crippen molar-refractivity contribution in [3.63, 3.8) is 0 Å². The predicted molar refractivity (Wildman–Crippen MR) is 289 cm³/mol. The first kappa shape index (κ1) is 73.4. The molecule has 0 N–H and O–H groups in total. The van der Waals surface area contributed by atoms with E-state index in [0.717, 1.165) is 19.6 Å². The number of hydrogen-bond donors (Lipinski definition) is 0. The monoisotopic (exact) mass is 1420 g/mol. The molecule has 0 unspecified atom stereocenters. The molecular weight excluding hydrogens is 1360 g/mol. The summed E-state index contributed by atoms with van der Waals surface area (Å²) in [6.07, 6.45) is 60.0. The first-order valence-corrected chi connectivity index (χ1v) is 24.7. The van der Waals surface area contributed by atoms with Crippen LogP contribution in [0.15, 0.2) is 219 Å². The second-order valence-corrected chi connectivity index (χ2v) is 18.5. The van der Waals surface area contributed by atoms with Crippen LogP contribution in [-0.2, 0) is 84.8 Å². The molecule has 0 aliphatic heterocycles. The molecule has 341 valence electrons. The summed E-state index contributed by atoms with van der Waals surface area (Å²) in [5.41, 5.74) is 4.31. The number of hydrogen-bond acceptors (Lipinski definition) is 3. The molecule has 6 aliphatic carbocycles. The molecule has 67 heavy (non-hydrogen) atoms. The van der Waals surface area contributed by atoms with Crippen molar-refractivity contribution in [1.82, 2.24) is 14.7 Å². The Bertz CT molecular complexity index is 1650. The molecule has 3 nitrogen and oxygen atoms in total. The molecule has 0 saturated carbocycles. The van der Waals surface area contributed by atoms with E-state index in [-0.39, 0.29) is 89.6 Å². The summed E-state index contributed by atoms with van der Waals surface area (Å²) in [6.45, 7) is 3.14. The molecule has 15 radical (unpaired) electrons. The first-order valence-electron chi connectivity index (χ1n) is 20.8. The van der Waals surface area contributed by atoms with Gasteiger partial charge in [-0.2, -0.15) is 0 Å². The fourth-order valence-electron chi connectivity index (χ4n) is 4.88. The van der Waals surface area contributed by atoms with E-state index in [0.29, 0.717) is 0 Å². The van der Waals surface area contributed by atoms with Gasteiger partial charge in [0.1, 0.15) is 0 Å². The van der Waals surface area contributed by atoms with Crippen molar-refractivity contribution in [3.05, 3.63) is 274 Å². The van der Waals surface area contributed by atoms with Crippen LogP contribution in [0.5, 0.6) is 0 Å². The van der Waals surface area contributed by atoms with Crippen molar-refractivity contribution in [2.75, 3.05) is 42.3 Å². The Kier molecular flexibility index (Phi) is 58.7. The van der Waals surface area contributed by atoms with Crippen LogP contribution in [-0.4, -0.2) is 150 Å². The summed E-state index contributed by atoms with van der Waals surface area (Å²) in [5.74, 6) is 0. The summed E-state index contributed by atoms with van der Waals surface area (Å²) in [6, 6.07) is 25.6. The SMILES string of the molecule is CN(C)Cc1cccc[c]1[Sb].CN(C)Cc1cccc[c]1[Sb].CN(C)Cc1cccc[c]1[Sb].[CH]1C=CC=C1.[CH]1C=CC=C1.[CH]1C=CC=C1.[CH]1C=CC=C1.[CH]1C=CC=C1.[CH]1C=CC=C1.[Sb].[Ti].[Ti].[Ti]. The van der Waals surface area contributed by atoms with Crippen LogP contribution in [0.2, 0.25) is 0 Å². The summed E-state index contributed by atoms with van der Waals surface area (Å²) < 4.78 is 4.28. The molecule has 3 aromatic carbocycles. The van der Waals surface area contributed by atoms with Gasteiger partial charge in [-0.05, 0) is 0 Å². The van der Waals surface area contributed by atoms with Gasteiger partial charge in [0.2, 0.25) is 0 Å². The maximum absolute atomic E-state index is 2.19. The molecule has 0 spiro atoms. The van der Waals surface area contributed by atoms with Crippen molar-refractivity contribution in [2.24, 2.45) is 0 Å². The Balaban J connectivity index is -0.000000338. The molecular formula is C57H66N3Sb4Ti3. The van der Waals surface area contributed by atoms with E-state index in [9.17, 15) is 0 Å². The van der Waals surface area contributed by atoms with E-state index < -0.39 is 0 Å². The molecule has 10 heteroatoms. The minimum absolute atomic E-state index is 0. The molecule has 0 atom stereocenters. The molecule has 6 aliphatic rings. The maximum Gasteiger partial charge on any atom is 0.00506 e. The molecule has 0 saturated heterocycles. The Labute approximate surface area is 512 Å². The van der Waals surface area contributed by atoms with Crippen LogP contribution in [0.4, 0.5) is 0 Å². The van der Waals surface area contributed by atoms with Crippen LogP contribution in [0.1, 0.15) is 16.7 Å². The smallest absolute Gasteiger partial charge is 0.00506 e. The van der Waals surface area contributed by atoms with Crippen molar-refractivity contribution in [2.45, 2.75) is 19.6 Å². The van der Waals surface area contributed by atoms with E-state index in [2.05, 4.69) is 130 Å². The average Bonchev–Trinajstić information content (AvgIpc) is 4.15. The van der Waals surface area contributed by atoms with Gasteiger partial charge in [0.05, 0.1) is 0 Å². The summed E-state index contributed by atoms with van der Waals surface area (Å²) in [7, 11) is 12.6. The van der Waals surface area contributed by atoms with Crippen molar-refractivity contribution in [1.29, 1.82) is 0 Å². The minimum Gasteiger partial charge on any atom is -0.0767 e. The quantitative estimate of drug-likeness (QED) is 0.228. The van der Waals surface area contributed by atoms with Crippen LogP contribution >= 0.6 is 0 Å². The maximum atomic E-state index is 2.19. The molecule has 3 aromatic rings. The molecule has 0 fully saturated rings. The van der Waals surface area contributed by atoms with Gasteiger partial charge >= 0.3 is 246 Å². The zero-order chi connectivity index (χ0) is 46.0. The van der Waals surface area contributed by atoms with Crippen LogP contribution in [0.3, 0.4) is 0 Å². The average molecular weight is 1420 g/mol. The van der Waals surface area contributed by atoms with Crippen molar-refractivity contribution >= 4 is 104 Å². The standard InChI is InChI=1S/3C9H12N.6C5H5.4Sb.3Ti/c3*1-10(2)8-9-6-4-3-5-7-9;6*1-2-4-5-3-1;;;;;;;/h3*3-6H,8H2,1-2H3;6*1-5H;;;;;;;. The fourth-order valence-corrected chi connectivity index (χ4v) is 6.86. The van der Waals surface area contributed by atoms with Crippen LogP contribution in [0.25, 0.3) is 0 Å². The summed E-state index contributed by atoms with van der Waals surface area (Å²) in [4.78, 5) is 6.57. The van der Waals surface area contributed by atoms with Gasteiger partial charge in [-0.15, -0.1) is 0 Å². The predicted octanol–water partition coefficient (Wildman–Crippen LogP) is 9.14. The third kappa shape index (κ3) is 47.9. The largest absolute Gasteiger partial charge is 0.0767 e. The third-order valence-electron chi connectivity index (χ3n) is 7.77. The van der Waals surface area contributed by atoms with Crippen LogP contribution < -0.4 is 10.5 Å². The zero-order valence-corrected chi connectivity index (χ0v) is 54.9. The van der Waals surface area contributed by atoms with Gasteiger partial charge in [-0.25, -0.2) is 0 Å². The number of rotatable bonds is 6. The molecule has 0 heterocycles.